The van der Waals surface area contributed by atoms with Crippen LogP contribution >= 0.6 is 0 Å². The summed E-state index contributed by atoms with van der Waals surface area (Å²) in [6.45, 7) is 4.12. The predicted molar refractivity (Wildman–Crippen MR) is 78.7 cm³/mol. The van der Waals surface area contributed by atoms with Crippen molar-refractivity contribution in [1.82, 2.24) is 10.6 Å². The Morgan fingerprint density at radius 3 is 2.65 bits per heavy atom. The molecule has 2 amide bonds. The Hall–Kier alpha value is -1.26. The van der Waals surface area contributed by atoms with Crippen molar-refractivity contribution in [2.45, 2.75) is 77.3 Å². The fraction of sp³-hybridized carbons (Fsp3) is 0.867. The number of amides is 2. The Morgan fingerprint density at radius 1 is 1.25 bits per heavy atom. The monoisotopic (exact) mass is 284 g/mol. The van der Waals surface area contributed by atoms with Crippen LogP contribution < -0.4 is 10.6 Å². The summed E-state index contributed by atoms with van der Waals surface area (Å²) >= 11 is 0. The van der Waals surface area contributed by atoms with Crippen LogP contribution in [0.15, 0.2) is 0 Å². The zero-order valence-corrected chi connectivity index (χ0v) is 12.7. The maximum Gasteiger partial charge on any atom is 0.315 e. The largest absolute Gasteiger partial charge is 0.481 e. The molecule has 0 spiro atoms. The van der Waals surface area contributed by atoms with E-state index < -0.39 is 5.97 Å². The van der Waals surface area contributed by atoms with Crippen molar-refractivity contribution in [2.24, 2.45) is 5.92 Å². The number of rotatable bonds is 6. The van der Waals surface area contributed by atoms with Crippen LogP contribution in [0.5, 0.6) is 0 Å². The van der Waals surface area contributed by atoms with E-state index in [4.69, 9.17) is 5.11 Å². The fourth-order valence-electron chi connectivity index (χ4n) is 2.77. The van der Waals surface area contributed by atoms with E-state index in [2.05, 4.69) is 17.6 Å². The lowest BCUT2D eigenvalue weighted by Crippen LogP contribution is -2.47. The van der Waals surface area contributed by atoms with E-state index in [1.807, 2.05) is 6.92 Å². The minimum absolute atomic E-state index is 0.00966. The number of hydrogen-bond acceptors (Lipinski definition) is 2. The van der Waals surface area contributed by atoms with E-state index in [-0.39, 0.29) is 24.5 Å². The highest BCUT2D eigenvalue weighted by Gasteiger charge is 2.21. The lowest BCUT2D eigenvalue weighted by molar-refractivity contribution is -0.137. The molecule has 20 heavy (non-hydrogen) atoms. The fourth-order valence-corrected chi connectivity index (χ4v) is 2.77. The van der Waals surface area contributed by atoms with Gasteiger partial charge in [-0.25, -0.2) is 4.79 Å². The Kier molecular flexibility index (Phi) is 7.41. The second kappa shape index (κ2) is 8.82. The molecule has 3 unspecified atom stereocenters. The molecule has 0 saturated heterocycles. The second-order valence-electron chi connectivity index (χ2n) is 6.03. The van der Waals surface area contributed by atoms with Crippen LogP contribution in [0.25, 0.3) is 0 Å². The van der Waals surface area contributed by atoms with Gasteiger partial charge < -0.3 is 15.7 Å². The van der Waals surface area contributed by atoms with Crippen LogP contribution in [0.2, 0.25) is 0 Å². The Morgan fingerprint density at radius 2 is 1.95 bits per heavy atom. The average molecular weight is 284 g/mol. The molecule has 116 valence electrons. The zero-order chi connectivity index (χ0) is 15.0. The maximum atomic E-state index is 11.9. The van der Waals surface area contributed by atoms with Crippen molar-refractivity contribution < 1.29 is 14.7 Å². The molecule has 0 aromatic heterocycles. The molecule has 1 rings (SSSR count). The van der Waals surface area contributed by atoms with E-state index in [0.717, 1.165) is 6.42 Å². The molecule has 0 aliphatic heterocycles. The molecular formula is C15H28N2O3. The van der Waals surface area contributed by atoms with Crippen LogP contribution in [0.4, 0.5) is 4.79 Å². The molecule has 5 heteroatoms. The number of hydrogen-bond donors (Lipinski definition) is 3. The first-order valence-electron chi connectivity index (χ1n) is 7.78. The first-order chi connectivity index (χ1) is 9.49. The summed E-state index contributed by atoms with van der Waals surface area (Å²) < 4.78 is 0. The third-order valence-corrected chi connectivity index (χ3v) is 4.08. The number of carbonyl (C=O) groups is 2. The lowest BCUT2D eigenvalue weighted by Gasteiger charge is -2.24. The topological polar surface area (TPSA) is 78.4 Å². The molecule has 1 aliphatic carbocycles. The highest BCUT2D eigenvalue weighted by molar-refractivity contribution is 5.74. The van der Waals surface area contributed by atoms with Gasteiger partial charge in [-0.1, -0.05) is 26.2 Å². The molecule has 0 radical (unpaired) electrons. The van der Waals surface area contributed by atoms with E-state index in [1.54, 1.807) is 0 Å². The highest BCUT2D eigenvalue weighted by atomic mass is 16.4. The highest BCUT2D eigenvalue weighted by Crippen LogP contribution is 2.22. The van der Waals surface area contributed by atoms with E-state index >= 15 is 0 Å². The maximum absolute atomic E-state index is 11.9. The van der Waals surface area contributed by atoms with Crippen molar-refractivity contribution in [1.29, 1.82) is 0 Å². The summed E-state index contributed by atoms with van der Waals surface area (Å²) in [4.78, 5) is 22.4. The Labute approximate surface area is 121 Å². The molecule has 0 aromatic carbocycles. The van der Waals surface area contributed by atoms with Crippen LogP contribution in [-0.2, 0) is 4.79 Å². The third-order valence-electron chi connectivity index (χ3n) is 4.08. The van der Waals surface area contributed by atoms with Gasteiger partial charge in [0.05, 0.1) is 0 Å². The lowest BCUT2D eigenvalue weighted by atomic mass is 9.97. The van der Waals surface area contributed by atoms with Gasteiger partial charge in [-0.15, -0.1) is 0 Å². The number of urea groups is 1. The molecule has 1 saturated carbocycles. The molecule has 5 nitrogen and oxygen atoms in total. The summed E-state index contributed by atoms with van der Waals surface area (Å²) in [7, 11) is 0. The van der Waals surface area contributed by atoms with Crippen LogP contribution in [0.1, 0.15) is 65.2 Å². The number of carbonyl (C=O) groups excluding carboxylic acids is 1. The second-order valence-corrected chi connectivity index (χ2v) is 6.03. The van der Waals surface area contributed by atoms with Gasteiger partial charge in [0.1, 0.15) is 0 Å². The smallest absolute Gasteiger partial charge is 0.315 e. The van der Waals surface area contributed by atoms with E-state index in [1.165, 1.54) is 25.7 Å². The molecular weight excluding hydrogens is 256 g/mol. The Balaban J connectivity index is 2.25. The summed E-state index contributed by atoms with van der Waals surface area (Å²) in [5.41, 5.74) is 0. The SMILES string of the molecule is CC(CCCC(=O)O)NC(=O)NC1CCCCCC1C. The summed E-state index contributed by atoms with van der Waals surface area (Å²) in [6.07, 6.45) is 7.39. The summed E-state index contributed by atoms with van der Waals surface area (Å²) in [5.74, 6) is -0.250. The van der Waals surface area contributed by atoms with Crippen molar-refractivity contribution in [3.63, 3.8) is 0 Å². The van der Waals surface area contributed by atoms with Gasteiger partial charge in [0.15, 0.2) is 0 Å². The van der Waals surface area contributed by atoms with Gasteiger partial charge in [-0.3, -0.25) is 4.79 Å². The van der Waals surface area contributed by atoms with Gasteiger partial charge in [-0.05, 0) is 38.5 Å². The standard InChI is InChI=1S/C15H28N2O3/c1-11-7-4-3-5-9-13(11)17-15(20)16-12(2)8-6-10-14(18)19/h11-13H,3-10H2,1-2H3,(H,18,19)(H2,16,17,20). The Bertz CT molecular complexity index is 320. The molecule has 3 atom stereocenters. The van der Waals surface area contributed by atoms with Crippen molar-refractivity contribution in [2.75, 3.05) is 0 Å². The summed E-state index contributed by atoms with van der Waals surface area (Å²) in [5, 5.41) is 14.6. The van der Waals surface area contributed by atoms with E-state index in [0.29, 0.717) is 18.8 Å². The molecule has 3 N–H and O–H groups in total. The minimum Gasteiger partial charge on any atom is -0.481 e. The van der Waals surface area contributed by atoms with Crippen LogP contribution in [0, 0.1) is 5.92 Å². The number of aliphatic carboxylic acids is 1. The number of carboxylic acids is 1. The normalized spacial score (nSPS) is 24.5. The summed E-state index contributed by atoms with van der Waals surface area (Å²) in [6, 6.07) is 0.158. The van der Waals surface area contributed by atoms with Crippen LogP contribution in [-0.4, -0.2) is 29.2 Å². The van der Waals surface area contributed by atoms with Crippen LogP contribution in [0.3, 0.4) is 0 Å². The van der Waals surface area contributed by atoms with Gasteiger partial charge >= 0.3 is 12.0 Å². The molecule has 1 fully saturated rings. The molecule has 1 aliphatic rings. The molecule has 0 aromatic rings. The van der Waals surface area contributed by atoms with Gasteiger partial charge in [0.25, 0.3) is 0 Å². The average Bonchev–Trinajstić information content (AvgIpc) is 2.54. The number of nitrogens with one attached hydrogen (secondary N) is 2. The van der Waals surface area contributed by atoms with Gasteiger partial charge in [0.2, 0.25) is 0 Å². The van der Waals surface area contributed by atoms with E-state index in [9.17, 15) is 9.59 Å². The molecule has 0 bridgehead atoms. The third kappa shape index (κ3) is 6.78. The van der Waals surface area contributed by atoms with Gasteiger partial charge in [0, 0.05) is 18.5 Å². The molecule has 0 heterocycles. The minimum atomic E-state index is -0.783. The predicted octanol–water partition coefficient (Wildman–Crippen LogP) is 2.90. The first kappa shape index (κ1) is 16.8. The van der Waals surface area contributed by atoms with Crippen molar-refractivity contribution in [3.8, 4) is 0 Å². The zero-order valence-electron chi connectivity index (χ0n) is 12.7. The van der Waals surface area contributed by atoms with Gasteiger partial charge in [-0.2, -0.15) is 0 Å². The quantitative estimate of drug-likeness (QED) is 0.656. The first-order valence-corrected chi connectivity index (χ1v) is 7.78. The van der Waals surface area contributed by atoms with Crippen molar-refractivity contribution >= 4 is 12.0 Å². The van der Waals surface area contributed by atoms with Crippen molar-refractivity contribution in [3.05, 3.63) is 0 Å². The number of carboxylic acid groups (broad SMARTS) is 1.